The van der Waals surface area contributed by atoms with Crippen LogP contribution in [0.5, 0.6) is 0 Å². The van der Waals surface area contributed by atoms with Crippen molar-refractivity contribution in [3.05, 3.63) is 0 Å². The summed E-state index contributed by atoms with van der Waals surface area (Å²) in [6, 6.07) is 0. The van der Waals surface area contributed by atoms with Gasteiger partial charge in [-0.1, -0.05) is 13.8 Å². The number of carbonyl (C=O) groups excluding carboxylic acids is 1. The Morgan fingerprint density at radius 2 is 2.83 bits per heavy atom. The second-order valence-corrected chi connectivity index (χ2v) is 1.15. The predicted molar refractivity (Wildman–Crippen MR) is 25.5 cm³/mol. The van der Waals surface area contributed by atoms with E-state index in [1.165, 1.54) is 0 Å². The first-order valence-electron chi connectivity index (χ1n) is 3.47. The summed E-state index contributed by atoms with van der Waals surface area (Å²) >= 11 is 0. The van der Waals surface area contributed by atoms with Gasteiger partial charge in [0.15, 0.2) is 0 Å². The van der Waals surface area contributed by atoms with Crippen LogP contribution >= 0.6 is 0 Å². The zero-order valence-electron chi connectivity index (χ0n) is 6.77. The average molecular weight is 89.2 g/mol. The summed E-state index contributed by atoms with van der Waals surface area (Å²) < 4.78 is 20.4. The summed E-state index contributed by atoms with van der Waals surface area (Å²) in [5.74, 6) is -0.780. The van der Waals surface area contributed by atoms with Crippen molar-refractivity contribution in [2.45, 2.75) is 20.2 Å². The quantitative estimate of drug-likeness (QED) is 0.465. The van der Waals surface area contributed by atoms with E-state index in [2.05, 4.69) is 0 Å². The Bertz CT molecular complexity index is 96.9. The van der Waals surface area contributed by atoms with Crippen LogP contribution in [0.3, 0.4) is 0 Å². The van der Waals surface area contributed by atoms with Crippen LogP contribution < -0.4 is 0 Å². The number of hydrogen-bond donors (Lipinski definition) is 0. The van der Waals surface area contributed by atoms with Gasteiger partial charge in [0, 0.05) is 10.0 Å². The molecular weight excluding hydrogens is 76.1 g/mol. The highest BCUT2D eigenvalue weighted by molar-refractivity contribution is 5.52. The molecule has 0 aromatic carbocycles. The number of carbonyl (C=O) groups is 1. The third-order valence-corrected chi connectivity index (χ3v) is 0.604. The van der Waals surface area contributed by atoms with Crippen LogP contribution in [0.25, 0.3) is 0 Å². The summed E-state index contributed by atoms with van der Waals surface area (Å²) in [7, 11) is 0. The zero-order chi connectivity index (χ0) is 7.49. The van der Waals surface area contributed by atoms with Crippen LogP contribution in [-0.4, -0.2) is 6.29 Å². The third kappa shape index (κ3) is 1.94. The lowest BCUT2D eigenvalue weighted by molar-refractivity contribution is -0.110. The molecule has 0 bridgehead atoms. The van der Waals surface area contributed by atoms with E-state index in [1.54, 1.807) is 6.92 Å². The highest BCUT2D eigenvalue weighted by atomic mass is 16.1. The van der Waals surface area contributed by atoms with Gasteiger partial charge in [0.2, 0.25) is 0 Å². The molecule has 0 rings (SSSR count). The molecule has 1 atom stereocenters. The molecule has 0 N–H and O–H groups in total. The molecule has 0 aliphatic carbocycles. The molecule has 0 radical (unpaired) electrons. The third-order valence-electron chi connectivity index (χ3n) is 0.604. The first kappa shape index (κ1) is 2.10. The van der Waals surface area contributed by atoms with E-state index in [0.29, 0.717) is 12.7 Å². The van der Waals surface area contributed by atoms with Gasteiger partial charge in [0.05, 0.1) is 0 Å². The summed E-state index contributed by atoms with van der Waals surface area (Å²) in [4.78, 5) is 10.0. The fraction of sp³-hybridized carbons (Fsp3) is 0.800. The molecule has 0 heterocycles. The van der Waals surface area contributed by atoms with Gasteiger partial charge in [0.1, 0.15) is 6.29 Å². The minimum Gasteiger partial charge on any atom is -0.303 e. The van der Waals surface area contributed by atoms with Crippen LogP contribution in [0.1, 0.15) is 24.3 Å². The molecule has 0 aromatic rings. The van der Waals surface area contributed by atoms with E-state index >= 15 is 0 Å². The summed E-state index contributed by atoms with van der Waals surface area (Å²) in [5, 5.41) is 0. The van der Waals surface area contributed by atoms with Crippen molar-refractivity contribution in [1.29, 1.82) is 0 Å². The normalized spacial score (nSPS) is 23.2. The van der Waals surface area contributed by atoms with Gasteiger partial charge in [-0.15, -0.1) is 0 Å². The van der Waals surface area contributed by atoms with Gasteiger partial charge in [-0.25, -0.2) is 0 Å². The lowest BCUT2D eigenvalue weighted by Gasteiger charge is -1.89. The van der Waals surface area contributed by atoms with Crippen LogP contribution in [0.4, 0.5) is 0 Å². The molecule has 0 saturated heterocycles. The molecule has 0 saturated carbocycles. The Balaban J connectivity index is 3.94. The van der Waals surface area contributed by atoms with Crippen molar-refractivity contribution in [1.82, 2.24) is 0 Å². The maximum atomic E-state index is 10.0. The highest BCUT2D eigenvalue weighted by Crippen LogP contribution is 1.91. The van der Waals surface area contributed by atoms with Gasteiger partial charge < -0.3 is 4.79 Å². The van der Waals surface area contributed by atoms with Crippen LogP contribution in [0.15, 0.2) is 0 Å². The maximum absolute atomic E-state index is 10.0. The van der Waals surface area contributed by atoms with Gasteiger partial charge in [-0.2, -0.15) is 0 Å². The van der Waals surface area contributed by atoms with Crippen LogP contribution in [0, 0.1) is 5.92 Å². The maximum Gasteiger partial charge on any atom is 0.122 e. The molecule has 1 unspecified atom stereocenters. The molecule has 0 aromatic heterocycles. The van der Waals surface area contributed by atoms with Crippen LogP contribution in [-0.2, 0) is 4.79 Å². The van der Waals surface area contributed by atoms with E-state index in [1.807, 2.05) is 0 Å². The van der Waals surface area contributed by atoms with Crippen molar-refractivity contribution in [3.63, 3.8) is 0 Å². The minimum atomic E-state index is -2.10. The van der Waals surface area contributed by atoms with E-state index in [4.69, 9.17) is 4.11 Å². The molecule has 36 valence electrons. The number of hydrogen-bond acceptors (Lipinski definition) is 1. The molecule has 0 aliphatic rings. The van der Waals surface area contributed by atoms with Gasteiger partial charge in [-0.05, 0) is 6.42 Å². The van der Waals surface area contributed by atoms with Crippen molar-refractivity contribution in [2.75, 3.05) is 0 Å². The topological polar surface area (TPSA) is 17.1 Å². The molecule has 6 heavy (non-hydrogen) atoms. The van der Waals surface area contributed by atoms with Crippen molar-refractivity contribution >= 4 is 6.29 Å². The van der Waals surface area contributed by atoms with E-state index in [0.717, 1.165) is 0 Å². The first-order valence-corrected chi connectivity index (χ1v) is 1.97. The lowest BCUT2D eigenvalue weighted by atomic mass is 10.2. The molecule has 0 amide bonds. The monoisotopic (exact) mass is 89.1 g/mol. The lowest BCUT2D eigenvalue weighted by Crippen LogP contribution is -1.89. The molecular formula is C5H10O. The number of rotatable bonds is 2. The summed E-state index contributed by atoms with van der Waals surface area (Å²) in [6.07, 6.45) is 0.882. The fourth-order valence-corrected chi connectivity index (χ4v) is 0.0962. The number of aldehydes is 1. The van der Waals surface area contributed by atoms with E-state index in [-0.39, 0.29) is 0 Å². The SMILES string of the molecule is [2H]C([2H])([2H])C(C=O)CC. The Hall–Kier alpha value is -0.330. The van der Waals surface area contributed by atoms with Crippen molar-refractivity contribution in [3.8, 4) is 0 Å². The average Bonchev–Trinajstić information content (AvgIpc) is 1.65. The van der Waals surface area contributed by atoms with Crippen LogP contribution in [0.2, 0.25) is 0 Å². The molecule has 1 nitrogen and oxygen atoms in total. The minimum absolute atomic E-state index is 0.389. The summed E-state index contributed by atoms with van der Waals surface area (Å²) in [5.41, 5.74) is 0. The van der Waals surface area contributed by atoms with E-state index in [9.17, 15) is 4.79 Å². The Morgan fingerprint density at radius 3 is 2.83 bits per heavy atom. The van der Waals surface area contributed by atoms with E-state index < -0.39 is 12.8 Å². The first-order chi connectivity index (χ1) is 4.02. The second kappa shape index (κ2) is 2.88. The molecule has 0 fully saturated rings. The predicted octanol–water partition coefficient (Wildman–Crippen LogP) is 1.23. The smallest absolute Gasteiger partial charge is 0.122 e. The Morgan fingerprint density at radius 1 is 2.17 bits per heavy atom. The fourth-order valence-electron chi connectivity index (χ4n) is 0.0962. The van der Waals surface area contributed by atoms with Gasteiger partial charge in [0.25, 0.3) is 0 Å². The van der Waals surface area contributed by atoms with Gasteiger partial charge >= 0.3 is 0 Å². The molecule has 1 heteroatoms. The largest absolute Gasteiger partial charge is 0.303 e. The highest BCUT2D eigenvalue weighted by Gasteiger charge is 1.89. The zero-order valence-corrected chi connectivity index (χ0v) is 3.77. The molecule has 0 spiro atoms. The Labute approximate surface area is 42.6 Å². The Kier molecular flexibility index (Phi) is 1.01. The van der Waals surface area contributed by atoms with Gasteiger partial charge in [-0.3, -0.25) is 0 Å². The van der Waals surface area contributed by atoms with Crippen molar-refractivity contribution < 1.29 is 8.91 Å². The summed E-state index contributed by atoms with van der Waals surface area (Å²) in [6.45, 7) is -0.415. The van der Waals surface area contributed by atoms with Crippen molar-refractivity contribution in [2.24, 2.45) is 5.92 Å². The second-order valence-electron chi connectivity index (χ2n) is 1.15. The molecule has 0 aliphatic heterocycles. The standard InChI is InChI=1S/C5H10O/c1-3-5(2)4-6/h4-5H,3H2,1-2H3/i2D3.